The molecular formula is C43H28BN3S. The Hall–Kier alpha value is -5.52. The first-order valence-corrected chi connectivity index (χ1v) is 17.1. The molecule has 10 rings (SSSR count). The number of hydrogen-bond acceptors (Lipinski definition) is 4. The molecule has 5 heteroatoms. The third-order valence-electron chi connectivity index (χ3n) is 10.1. The minimum Gasteiger partial charge on any atom is -0.299 e. The van der Waals surface area contributed by atoms with E-state index in [0.717, 1.165) is 27.8 Å². The van der Waals surface area contributed by atoms with E-state index in [2.05, 4.69) is 122 Å². The smallest absolute Gasteiger partial charge is 0.231 e. The number of aromatic nitrogens is 2. The largest absolute Gasteiger partial charge is 0.299 e. The molecule has 0 bridgehead atoms. The SMILES string of the molecule is [B]c1ccccc1-c1nc(N2c3c(c4ccccc4c4c3sc3ccccc34)-c3c(ccc4ccccc34)C2(C)C)nc2ccccc12. The predicted octanol–water partition coefficient (Wildman–Crippen LogP) is 10.8. The zero-order valence-corrected chi connectivity index (χ0v) is 27.3. The van der Waals surface area contributed by atoms with Gasteiger partial charge in [-0.1, -0.05) is 127 Å². The first kappa shape index (κ1) is 27.6. The molecule has 0 amide bonds. The maximum atomic E-state index is 6.63. The van der Waals surface area contributed by atoms with E-state index < -0.39 is 5.54 Å². The molecule has 1 aliphatic rings. The van der Waals surface area contributed by atoms with Gasteiger partial charge in [-0.25, -0.2) is 9.97 Å². The number of anilines is 2. The summed E-state index contributed by atoms with van der Waals surface area (Å²) in [7, 11) is 6.63. The molecule has 3 nitrogen and oxygen atoms in total. The van der Waals surface area contributed by atoms with Crippen molar-refractivity contribution in [2.45, 2.75) is 19.4 Å². The Morgan fingerprint density at radius 2 is 1.27 bits per heavy atom. The minimum absolute atomic E-state index is 0.514. The Labute approximate surface area is 283 Å². The zero-order valence-electron chi connectivity index (χ0n) is 26.5. The topological polar surface area (TPSA) is 29.0 Å². The fourth-order valence-corrected chi connectivity index (χ4v) is 9.25. The van der Waals surface area contributed by atoms with Crippen LogP contribution >= 0.6 is 11.3 Å². The molecule has 0 N–H and O–H groups in total. The maximum Gasteiger partial charge on any atom is 0.231 e. The predicted molar refractivity (Wildman–Crippen MR) is 205 cm³/mol. The first-order chi connectivity index (χ1) is 23.5. The summed E-state index contributed by atoms with van der Waals surface area (Å²) >= 11 is 1.86. The average Bonchev–Trinajstić information content (AvgIpc) is 3.51. The van der Waals surface area contributed by atoms with Crippen molar-refractivity contribution in [3.05, 3.63) is 139 Å². The molecule has 0 unspecified atom stereocenters. The van der Waals surface area contributed by atoms with Gasteiger partial charge >= 0.3 is 0 Å². The Morgan fingerprint density at radius 3 is 2.10 bits per heavy atom. The Morgan fingerprint density at radius 1 is 0.604 bits per heavy atom. The van der Waals surface area contributed by atoms with Crippen LogP contribution in [-0.4, -0.2) is 17.8 Å². The quantitative estimate of drug-likeness (QED) is 0.178. The second-order valence-electron chi connectivity index (χ2n) is 13.2. The van der Waals surface area contributed by atoms with Crippen LogP contribution in [-0.2, 0) is 5.54 Å². The van der Waals surface area contributed by atoms with Crippen molar-refractivity contribution in [1.29, 1.82) is 0 Å². The second kappa shape index (κ2) is 9.99. The van der Waals surface area contributed by atoms with Crippen molar-refractivity contribution in [3.63, 3.8) is 0 Å². The average molecular weight is 630 g/mol. The van der Waals surface area contributed by atoms with Crippen molar-refractivity contribution in [3.8, 4) is 22.4 Å². The highest BCUT2D eigenvalue weighted by molar-refractivity contribution is 7.26. The summed E-state index contributed by atoms with van der Waals surface area (Å²) < 4.78 is 2.51. The summed E-state index contributed by atoms with van der Waals surface area (Å²) in [6.45, 7) is 4.62. The summed E-state index contributed by atoms with van der Waals surface area (Å²) in [5.41, 5.74) is 7.73. The van der Waals surface area contributed by atoms with Gasteiger partial charge in [-0.05, 0) is 64.2 Å². The molecule has 0 atom stereocenters. The number of nitrogens with zero attached hydrogens (tertiary/aromatic N) is 3. The molecule has 0 fully saturated rings. The van der Waals surface area contributed by atoms with Crippen LogP contribution in [0.4, 0.5) is 11.6 Å². The maximum absolute atomic E-state index is 6.63. The Balaban J connectivity index is 1.43. The Bertz CT molecular complexity index is 2800. The van der Waals surface area contributed by atoms with Gasteiger partial charge in [0.05, 0.1) is 27.1 Å². The van der Waals surface area contributed by atoms with Crippen LogP contribution in [0.3, 0.4) is 0 Å². The third-order valence-corrected chi connectivity index (χ3v) is 11.3. The van der Waals surface area contributed by atoms with Crippen molar-refractivity contribution in [2.24, 2.45) is 0 Å². The van der Waals surface area contributed by atoms with E-state index >= 15 is 0 Å². The minimum atomic E-state index is -0.514. The van der Waals surface area contributed by atoms with Crippen molar-refractivity contribution >= 4 is 88.9 Å². The number of para-hydroxylation sites is 1. The molecule has 0 spiro atoms. The van der Waals surface area contributed by atoms with Crippen LogP contribution in [0.5, 0.6) is 0 Å². The number of hydrogen-bond donors (Lipinski definition) is 0. The third kappa shape index (κ3) is 3.71. The lowest BCUT2D eigenvalue weighted by molar-refractivity contribution is 0.525. The van der Waals surface area contributed by atoms with Crippen molar-refractivity contribution in [1.82, 2.24) is 9.97 Å². The van der Waals surface area contributed by atoms with E-state index in [1.54, 1.807) is 0 Å². The summed E-state index contributed by atoms with van der Waals surface area (Å²) in [6, 6.07) is 47.3. The molecule has 2 radical (unpaired) electrons. The summed E-state index contributed by atoms with van der Waals surface area (Å²) in [5, 5.41) is 8.51. The molecule has 3 heterocycles. The molecular weight excluding hydrogens is 601 g/mol. The van der Waals surface area contributed by atoms with E-state index in [4.69, 9.17) is 17.8 Å². The van der Waals surface area contributed by atoms with Gasteiger partial charge in [-0.3, -0.25) is 4.90 Å². The van der Waals surface area contributed by atoms with E-state index in [-0.39, 0.29) is 0 Å². The highest BCUT2D eigenvalue weighted by atomic mass is 32.1. The van der Waals surface area contributed by atoms with Gasteiger partial charge in [-0.15, -0.1) is 11.3 Å². The van der Waals surface area contributed by atoms with Crippen LogP contribution < -0.4 is 10.4 Å². The molecule has 0 aliphatic carbocycles. The van der Waals surface area contributed by atoms with E-state index in [1.165, 1.54) is 58.4 Å². The molecule has 7 aromatic carbocycles. The van der Waals surface area contributed by atoms with Gasteiger partial charge < -0.3 is 0 Å². The molecule has 9 aromatic rings. The highest BCUT2D eigenvalue weighted by Gasteiger charge is 2.43. The fourth-order valence-electron chi connectivity index (χ4n) is 7.99. The number of thiophene rings is 1. The lowest BCUT2D eigenvalue weighted by Gasteiger charge is -2.46. The first-order valence-electron chi connectivity index (χ1n) is 16.3. The standard InChI is InChI=1S/C43H28BN3S/c1-43(2)32-24-23-25-13-3-4-14-26(25)37(32)38-28-16-6-5-15-27(28)36-31-19-9-12-22-35(31)48-41(36)40(38)47(43)42-45-34-21-11-8-18-30(34)39(46-42)29-17-7-10-20-33(29)44/h3-24H,1-2H3. The lowest BCUT2D eigenvalue weighted by Crippen LogP contribution is -2.42. The summed E-state index contributed by atoms with van der Waals surface area (Å²) in [6.07, 6.45) is 0. The van der Waals surface area contributed by atoms with Gasteiger partial charge in [0.1, 0.15) is 7.85 Å². The molecule has 0 saturated heterocycles. The van der Waals surface area contributed by atoms with Crippen LogP contribution in [0.1, 0.15) is 19.4 Å². The van der Waals surface area contributed by atoms with Gasteiger partial charge in [0.2, 0.25) is 5.95 Å². The van der Waals surface area contributed by atoms with Crippen LogP contribution in [0, 0.1) is 0 Å². The second-order valence-corrected chi connectivity index (χ2v) is 14.2. The van der Waals surface area contributed by atoms with Gasteiger partial charge in [-0.2, -0.15) is 0 Å². The van der Waals surface area contributed by atoms with E-state index in [9.17, 15) is 0 Å². The highest BCUT2D eigenvalue weighted by Crippen LogP contribution is 2.59. The molecule has 224 valence electrons. The molecule has 0 saturated carbocycles. The van der Waals surface area contributed by atoms with Crippen LogP contribution in [0.15, 0.2) is 133 Å². The monoisotopic (exact) mass is 629 g/mol. The lowest BCUT2D eigenvalue weighted by atomic mass is 9.76. The van der Waals surface area contributed by atoms with Gasteiger partial charge in [0.25, 0.3) is 0 Å². The Kier molecular flexibility index (Phi) is 5.74. The van der Waals surface area contributed by atoms with E-state index in [1.807, 2.05) is 41.7 Å². The summed E-state index contributed by atoms with van der Waals surface area (Å²) in [4.78, 5) is 13.2. The fraction of sp³-hybridized carbons (Fsp3) is 0.0698. The normalized spacial score (nSPS) is 13.8. The van der Waals surface area contributed by atoms with Gasteiger partial charge in [0.15, 0.2) is 0 Å². The van der Waals surface area contributed by atoms with Gasteiger partial charge in [0, 0.05) is 26.4 Å². The van der Waals surface area contributed by atoms with Crippen molar-refractivity contribution < 1.29 is 0 Å². The molecule has 48 heavy (non-hydrogen) atoms. The van der Waals surface area contributed by atoms with Crippen LogP contribution in [0.25, 0.3) is 75.0 Å². The van der Waals surface area contributed by atoms with Crippen molar-refractivity contribution in [2.75, 3.05) is 4.90 Å². The van der Waals surface area contributed by atoms with Crippen LogP contribution in [0.2, 0.25) is 0 Å². The zero-order chi connectivity index (χ0) is 32.1. The summed E-state index contributed by atoms with van der Waals surface area (Å²) in [5.74, 6) is 0.658. The molecule has 2 aromatic heterocycles. The van der Waals surface area contributed by atoms with E-state index in [0.29, 0.717) is 11.4 Å². The number of benzene rings is 7. The number of fused-ring (bicyclic) bond motifs is 13. The number of rotatable bonds is 2. The molecule has 1 aliphatic heterocycles.